The van der Waals surface area contributed by atoms with E-state index in [-0.39, 0.29) is 0 Å². The van der Waals surface area contributed by atoms with Crippen LogP contribution in [0.15, 0.2) is 42.6 Å². The van der Waals surface area contributed by atoms with Gasteiger partial charge in [0.1, 0.15) is 11.6 Å². The molecule has 1 saturated heterocycles. The molecule has 0 bridgehead atoms. The van der Waals surface area contributed by atoms with Gasteiger partial charge in [-0.05, 0) is 49.7 Å². The number of aromatic nitrogens is 1. The number of fused-ring (bicyclic) bond motifs is 1. The number of nitrogens with zero attached hydrogens (tertiary/aromatic N) is 3. The summed E-state index contributed by atoms with van der Waals surface area (Å²) in [6, 6.07) is 12.3. The summed E-state index contributed by atoms with van der Waals surface area (Å²) in [4.78, 5) is 9.59. The molecule has 2 aromatic carbocycles. The van der Waals surface area contributed by atoms with Gasteiger partial charge in [-0.1, -0.05) is 23.2 Å². The van der Waals surface area contributed by atoms with Crippen LogP contribution in [0, 0.1) is 6.92 Å². The maximum atomic E-state index is 6.37. The van der Waals surface area contributed by atoms with Gasteiger partial charge < -0.3 is 14.5 Å². The highest BCUT2D eigenvalue weighted by atomic mass is 35.5. The van der Waals surface area contributed by atoms with Crippen molar-refractivity contribution in [3.05, 3.63) is 53.2 Å². The standard InChI is InChI=1S/C22H24ClN3O/c1-15-4-7-21(27-3)19(12-15)20-14-24-22(26-10-8-25(2)9-11-26)17-6-5-16(23)13-18(17)20/h4-7,12-14H,8-11H2,1-3H3. The van der Waals surface area contributed by atoms with Crippen molar-refractivity contribution in [2.75, 3.05) is 45.2 Å². The topological polar surface area (TPSA) is 28.6 Å². The molecule has 1 fully saturated rings. The highest BCUT2D eigenvalue weighted by Crippen LogP contribution is 2.39. The van der Waals surface area contributed by atoms with E-state index >= 15 is 0 Å². The molecule has 0 saturated carbocycles. The van der Waals surface area contributed by atoms with Crippen LogP contribution in [0.4, 0.5) is 5.82 Å². The van der Waals surface area contributed by atoms with E-state index in [1.54, 1.807) is 7.11 Å². The van der Waals surface area contributed by atoms with Gasteiger partial charge in [0, 0.05) is 53.9 Å². The number of anilines is 1. The van der Waals surface area contributed by atoms with Crippen LogP contribution in [-0.4, -0.2) is 50.2 Å². The smallest absolute Gasteiger partial charge is 0.136 e. The molecular weight excluding hydrogens is 358 g/mol. The Hall–Kier alpha value is -2.30. The number of benzene rings is 2. The minimum Gasteiger partial charge on any atom is -0.496 e. The summed E-state index contributed by atoms with van der Waals surface area (Å²) in [6.45, 7) is 6.14. The lowest BCUT2D eigenvalue weighted by molar-refractivity contribution is 0.312. The molecule has 3 aromatic rings. The fourth-order valence-corrected chi connectivity index (χ4v) is 3.89. The van der Waals surface area contributed by atoms with E-state index in [1.165, 1.54) is 5.56 Å². The first-order chi connectivity index (χ1) is 13.1. The average molecular weight is 382 g/mol. The van der Waals surface area contributed by atoms with Crippen LogP contribution >= 0.6 is 11.6 Å². The highest BCUT2D eigenvalue weighted by molar-refractivity contribution is 6.31. The second-order valence-corrected chi connectivity index (χ2v) is 7.62. The third kappa shape index (κ3) is 3.47. The van der Waals surface area contributed by atoms with Crippen molar-refractivity contribution in [2.24, 2.45) is 0 Å². The number of ether oxygens (including phenoxy) is 1. The fourth-order valence-electron chi connectivity index (χ4n) is 3.72. The van der Waals surface area contributed by atoms with Gasteiger partial charge >= 0.3 is 0 Å². The normalized spacial score (nSPS) is 15.3. The zero-order valence-electron chi connectivity index (χ0n) is 16.0. The number of pyridine rings is 1. The van der Waals surface area contributed by atoms with E-state index in [0.29, 0.717) is 0 Å². The number of rotatable bonds is 3. The van der Waals surface area contributed by atoms with Crippen molar-refractivity contribution in [1.82, 2.24) is 9.88 Å². The molecule has 0 atom stereocenters. The van der Waals surface area contributed by atoms with E-state index in [0.717, 1.165) is 64.7 Å². The van der Waals surface area contributed by atoms with Crippen molar-refractivity contribution < 1.29 is 4.74 Å². The van der Waals surface area contributed by atoms with Gasteiger partial charge in [-0.2, -0.15) is 0 Å². The van der Waals surface area contributed by atoms with Crippen LogP contribution in [0.3, 0.4) is 0 Å². The van der Waals surface area contributed by atoms with Gasteiger partial charge in [0.2, 0.25) is 0 Å². The van der Waals surface area contributed by atoms with E-state index in [1.807, 2.05) is 24.4 Å². The maximum Gasteiger partial charge on any atom is 0.136 e. The molecule has 2 heterocycles. The molecule has 0 radical (unpaired) electrons. The van der Waals surface area contributed by atoms with Crippen LogP contribution < -0.4 is 9.64 Å². The predicted molar refractivity (Wildman–Crippen MR) is 113 cm³/mol. The molecule has 5 heteroatoms. The minimum atomic E-state index is 0.728. The lowest BCUT2D eigenvalue weighted by Crippen LogP contribution is -2.44. The molecule has 0 aliphatic carbocycles. The molecule has 1 aliphatic rings. The number of likely N-dealkylation sites (N-methyl/N-ethyl adjacent to an activating group) is 1. The Morgan fingerprint density at radius 2 is 1.74 bits per heavy atom. The number of halogens is 1. The quantitative estimate of drug-likeness (QED) is 0.661. The molecule has 4 rings (SSSR count). The highest BCUT2D eigenvalue weighted by Gasteiger charge is 2.20. The monoisotopic (exact) mass is 381 g/mol. The number of hydrogen-bond donors (Lipinski definition) is 0. The molecule has 1 aliphatic heterocycles. The molecule has 4 nitrogen and oxygen atoms in total. The largest absolute Gasteiger partial charge is 0.496 e. The predicted octanol–water partition coefficient (Wildman–Crippen LogP) is 4.62. The summed E-state index contributed by atoms with van der Waals surface area (Å²) in [5.41, 5.74) is 3.28. The van der Waals surface area contributed by atoms with Crippen LogP contribution in [-0.2, 0) is 0 Å². The third-order valence-electron chi connectivity index (χ3n) is 5.28. The first kappa shape index (κ1) is 18.1. The number of hydrogen-bond acceptors (Lipinski definition) is 4. The van der Waals surface area contributed by atoms with Gasteiger partial charge in [0.05, 0.1) is 7.11 Å². The van der Waals surface area contributed by atoms with Crippen molar-refractivity contribution >= 4 is 28.2 Å². The second-order valence-electron chi connectivity index (χ2n) is 7.18. The summed E-state index contributed by atoms with van der Waals surface area (Å²) in [5, 5.41) is 2.96. The summed E-state index contributed by atoms with van der Waals surface area (Å²) in [6.07, 6.45) is 1.96. The van der Waals surface area contributed by atoms with Crippen LogP contribution in [0.1, 0.15) is 5.56 Å². The van der Waals surface area contributed by atoms with E-state index in [2.05, 4.69) is 42.0 Å². The summed E-state index contributed by atoms with van der Waals surface area (Å²) in [7, 11) is 3.87. The molecule has 140 valence electrons. The first-order valence-corrected chi connectivity index (χ1v) is 9.61. The van der Waals surface area contributed by atoms with Gasteiger partial charge in [0.15, 0.2) is 0 Å². The lowest BCUT2D eigenvalue weighted by Gasteiger charge is -2.34. The summed E-state index contributed by atoms with van der Waals surface area (Å²) >= 11 is 6.37. The molecular formula is C22H24ClN3O. The Kier molecular flexibility index (Phi) is 4.94. The van der Waals surface area contributed by atoms with Crippen molar-refractivity contribution in [2.45, 2.75) is 6.92 Å². The van der Waals surface area contributed by atoms with Crippen LogP contribution in [0.2, 0.25) is 5.02 Å². The third-order valence-corrected chi connectivity index (χ3v) is 5.51. The van der Waals surface area contributed by atoms with Crippen LogP contribution in [0.25, 0.3) is 21.9 Å². The molecule has 0 amide bonds. The summed E-state index contributed by atoms with van der Waals surface area (Å²) < 4.78 is 5.62. The van der Waals surface area contributed by atoms with Gasteiger partial charge in [-0.3, -0.25) is 0 Å². The molecule has 0 N–H and O–H groups in total. The lowest BCUT2D eigenvalue weighted by atomic mass is 9.98. The van der Waals surface area contributed by atoms with E-state index < -0.39 is 0 Å². The molecule has 27 heavy (non-hydrogen) atoms. The Balaban J connectivity index is 1.90. The second kappa shape index (κ2) is 7.37. The number of aryl methyl sites for hydroxylation is 1. The Bertz CT molecular complexity index is 981. The SMILES string of the molecule is COc1ccc(C)cc1-c1cnc(N2CCN(C)CC2)c2ccc(Cl)cc12. The first-order valence-electron chi connectivity index (χ1n) is 9.23. The van der Waals surface area contributed by atoms with Gasteiger partial charge in [-0.25, -0.2) is 4.98 Å². The van der Waals surface area contributed by atoms with Crippen molar-refractivity contribution in [3.63, 3.8) is 0 Å². The van der Waals surface area contributed by atoms with Crippen molar-refractivity contribution in [3.8, 4) is 16.9 Å². The van der Waals surface area contributed by atoms with E-state index in [9.17, 15) is 0 Å². The van der Waals surface area contributed by atoms with Crippen molar-refractivity contribution in [1.29, 1.82) is 0 Å². The molecule has 0 unspecified atom stereocenters. The number of methoxy groups -OCH3 is 1. The zero-order valence-corrected chi connectivity index (χ0v) is 16.8. The maximum absolute atomic E-state index is 6.37. The van der Waals surface area contributed by atoms with Gasteiger partial charge in [-0.15, -0.1) is 0 Å². The minimum absolute atomic E-state index is 0.728. The fraction of sp³-hybridized carbons (Fsp3) is 0.318. The Morgan fingerprint density at radius 3 is 2.48 bits per heavy atom. The molecule has 1 aromatic heterocycles. The van der Waals surface area contributed by atoms with E-state index in [4.69, 9.17) is 21.3 Å². The zero-order chi connectivity index (χ0) is 19.0. The van der Waals surface area contributed by atoms with Crippen LogP contribution in [0.5, 0.6) is 5.75 Å². The average Bonchev–Trinajstić information content (AvgIpc) is 2.67. The summed E-state index contributed by atoms with van der Waals surface area (Å²) in [5.74, 6) is 1.88. The Labute approximate surface area is 165 Å². The Morgan fingerprint density at radius 1 is 0.963 bits per heavy atom. The molecule has 0 spiro atoms. The van der Waals surface area contributed by atoms with Gasteiger partial charge in [0.25, 0.3) is 0 Å². The number of piperazine rings is 1.